The first-order chi connectivity index (χ1) is 4.85. The van der Waals surface area contributed by atoms with Gasteiger partial charge in [0.2, 0.25) is 0 Å². The minimum atomic E-state index is 0.00296. The Hall–Kier alpha value is -0.160. The largest absolute Gasteiger partial charge is 0.381 e. The summed E-state index contributed by atoms with van der Waals surface area (Å²) in [7, 11) is 0. The lowest BCUT2D eigenvalue weighted by Gasteiger charge is -2.16. The Bertz CT molecular complexity index is 66.8. The lowest BCUT2D eigenvalue weighted by atomic mass is 10.5. The summed E-state index contributed by atoms with van der Waals surface area (Å²) in [6, 6.07) is 0. The predicted molar refractivity (Wildman–Crippen MR) is 39.4 cm³/mol. The molecule has 62 valence electrons. The quantitative estimate of drug-likeness (QED) is 0.327. The molecule has 4 nitrogen and oxygen atoms in total. The van der Waals surface area contributed by atoms with E-state index in [0.29, 0.717) is 6.54 Å². The zero-order chi connectivity index (χ0) is 7.82. The SMILES string of the molecule is CCN(CO)CCNCO. The smallest absolute Gasteiger partial charge is 0.0956 e. The van der Waals surface area contributed by atoms with Crippen LogP contribution in [0.25, 0.3) is 0 Å². The average molecular weight is 148 g/mol. The van der Waals surface area contributed by atoms with Gasteiger partial charge < -0.3 is 10.2 Å². The van der Waals surface area contributed by atoms with Gasteiger partial charge >= 0.3 is 0 Å². The Kier molecular flexibility index (Phi) is 6.84. The second kappa shape index (κ2) is 6.95. The highest BCUT2D eigenvalue weighted by Crippen LogP contribution is 1.81. The van der Waals surface area contributed by atoms with Crippen LogP contribution in [0.3, 0.4) is 0 Å². The molecule has 0 heterocycles. The van der Waals surface area contributed by atoms with E-state index in [1.165, 1.54) is 0 Å². The second-order valence-corrected chi connectivity index (χ2v) is 2.01. The summed E-state index contributed by atoms with van der Waals surface area (Å²) in [5, 5.41) is 19.7. The van der Waals surface area contributed by atoms with Gasteiger partial charge in [-0.15, -0.1) is 0 Å². The third kappa shape index (κ3) is 4.69. The Labute approximate surface area is 61.5 Å². The van der Waals surface area contributed by atoms with Gasteiger partial charge in [-0.1, -0.05) is 6.92 Å². The molecule has 0 saturated heterocycles. The van der Waals surface area contributed by atoms with Gasteiger partial charge in [-0.05, 0) is 6.54 Å². The lowest BCUT2D eigenvalue weighted by Crippen LogP contribution is -2.32. The van der Waals surface area contributed by atoms with E-state index in [2.05, 4.69) is 5.32 Å². The summed E-state index contributed by atoms with van der Waals surface area (Å²) in [5.74, 6) is 0. The van der Waals surface area contributed by atoms with E-state index in [1.807, 2.05) is 11.8 Å². The van der Waals surface area contributed by atoms with E-state index < -0.39 is 0 Å². The third-order valence-electron chi connectivity index (χ3n) is 1.36. The summed E-state index contributed by atoms with van der Waals surface area (Å²) in [6.07, 6.45) is 0. The van der Waals surface area contributed by atoms with Crippen molar-refractivity contribution in [2.75, 3.05) is 33.1 Å². The van der Waals surface area contributed by atoms with Gasteiger partial charge in [0.05, 0.1) is 13.5 Å². The summed E-state index contributed by atoms with van der Waals surface area (Å²) >= 11 is 0. The fourth-order valence-corrected chi connectivity index (χ4v) is 0.645. The summed E-state index contributed by atoms with van der Waals surface area (Å²) in [4.78, 5) is 1.86. The zero-order valence-electron chi connectivity index (χ0n) is 6.38. The molecule has 0 bridgehead atoms. The van der Waals surface area contributed by atoms with Crippen molar-refractivity contribution in [2.24, 2.45) is 0 Å². The first kappa shape index (κ1) is 9.84. The van der Waals surface area contributed by atoms with E-state index in [9.17, 15) is 0 Å². The van der Waals surface area contributed by atoms with Crippen molar-refractivity contribution >= 4 is 0 Å². The molecule has 0 unspecified atom stereocenters. The number of rotatable bonds is 6. The van der Waals surface area contributed by atoms with Crippen molar-refractivity contribution in [2.45, 2.75) is 6.92 Å². The monoisotopic (exact) mass is 148 g/mol. The molecule has 10 heavy (non-hydrogen) atoms. The highest BCUT2D eigenvalue weighted by molar-refractivity contribution is 4.50. The molecule has 0 aliphatic heterocycles. The Morgan fingerprint density at radius 1 is 1.40 bits per heavy atom. The van der Waals surface area contributed by atoms with Crippen molar-refractivity contribution in [3.05, 3.63) is 0 Å². The van der Waals surface area contributed by atoms with Crippen LogP contribution in [0.2, 0.25) is 0 Å². The average Bonchev–Trinajstić information content (AvgIpc) is 1.99. The summed E-state index contributed by atoms with van der Waals surface area (Å²) < 4.78 is 0. The molecular weight excluding hydrogens is 132 g/mol. The van der Waals surface area contributed by atoms with Crippen LogP contribution in [0.5, 0.6) is 0 Å². The van der Waals surface area contributed by atoms with E-state index >= 15 is 0 Å². The van der Waals surface area contributed by atoms with Gasteiger partial charge in [0.15, 0.2) is 0 Å². The number of aliphatic hydroxyl groups is 2. The standard InChI is InChI=1S/C6H16N2O2/c1-2-8(6-10)4-3-7-5-9/h7,9-10H,2-6H2,1H3. The Morgan fingerprint density at radius 3 is 2.50 bits per heavy atom. The van der Waals surface area contributed by atoms with Gasteiger partial charge in [0.1, 0.15) is 0 Å². The van der Waals surface area contributed by atoms with E-state index in [4.69, 9.17) is 10.2 Å². The van der Waals surface area contributed by atoms with Crippen LogP contribution < -0.4 is 5.32 Å². The van der Waals surface area contributed by atoms with E-state index in [-0.39, 0.29) is 13.5 Å². The highest BCUT2D eigenvalue weighted by atomic mass is 16.3. The maximum Gasteiger partial charge on any atom is 0.0956 e. The zero-order valence-corrected chi connectivity index (χ0v) is 6.38. The topological polar surface area (TPSA) is 55.7 Å². The number of nitrogens with zero attached hydrogens (tertiary/aromatic N) is 1. The van der Waals surface area contributed by atoms with Crippen LogP contribution in [-0.2, 0) is 0 Å². The van der Waals surface area contributed by atoms with Gasteiger partial charge in [-0.25, -0.2) is 0 Å². The molecule has 0 radical (unpaired) electrons. The van der Waals surface area contributed by atoms with Gasteiger partial charge in [0, 0.05) is 13.1 Å². The molecule has 0 aromatic rings. The molecule has 3 N–H and O–H groups in total. The lowest BCUT2D eigenvalue weighted by molar-refractivity contribution is 0.110. The van der Waals surface area contributed by atoms with Crippen LogP contribution in [0.1, 0.15) is 6.92 Å². The second-order valence-electron chi connectivity index (χ2n) is 2.01. The Balaban J connectivity index is 3.09. The van der Waals surface area contributed by atoms with Crippen LogP contribution in [0.15, 0.2) is 0 Å². The number of hydrogen-bond acceptors (Lipinski definition) is 4. The van der Waals surface area contributed by atoms with Crippen LogP contribution in [-0.4, -0.2) is 48.2 Å². The summed E-state index contributed by atoms with van der Waals surface area (Å²) in [6.45, 7) is 4.39. The number of nitrogens with one attached hydrogen (secondary N) is 1. The predicted octanol–water partition coefficient (Wildman–Crippen LogP) is -1.20. The Morgan fingerprint density at radius 2 is 2.10 bits per heavy atom. The molecule has 0 spiro atoms. The minimum Gasteiger partial charge on any atom is -0.381 e. The molecule has 0 rings (SSSR count). The first-order valence-electron chi connectivity index (χ1n) is 3.50. The van der Waals surface area contributed by atoms with Crippen molar-refractivity contribution in [3.63, 3.8) is 0 Å². The number of likely N-dealkylation sites (N-methyl/N-ethyl adjacent to an activating group) is 1. The van der Waals surface area contributed by atoms with Gasteiger partial charge in [0.25, 0.3) is 0 Å². The van der Waals surface area contributed by atoms with Crippen molar-refractivity contribution < 1.29 is 10.2 Å². The van der Waals surface area contributed by atoms with Gasteiger partial charge in [-0.3, -0.25) is 10.2 Å². The van der Waals surface area contributed by atoms with Crippen molar-refractivity contribution in [3.8, 4) is 0 Å². The minimum absolute atomic E-state index is 0.00296. The molecule has 0 aliphatic carbocycles. The molecule has 0 aromatic heterocycles. The molecular formula is C6H16N2O2. The number of aliphatic hydroxyl groups excluding tert-OH is 2. The van der Waals surface area contributed by atoms with Crippen LogP contribution in [0.4, 0.5) is 0 Å². The van der Waals surface area contributed by atoms with Crippen molar-refractivity contribution in [1.82, 2.24) is 10.2 Å². The first-order valence-corrected chi connectivity index (χ1v) is 3.50. The van der Waals surface area contributed by atoms with Crippen LogP contribution >= 0.6 is 0 Å². The third-order valence-corrected chi connectivity index (χ3v) is 1.36. The van der Waals surface area contributed by atoms with E-state index in [1.54, 1.807) is 0 Å². The molecule has 4 heteroatoms. The van der Waals surface area contributed by atoms with E-state index in [0.717, 1.165) is 13.1 Å². The molecule has 0 amide bonds. The molecule has 0 aromatic carbocycles. The molecule has 0 saturated carbocycles. The molecule has 0 fully saturated rings. The van der Waals surface area contributed by atoms with Crippen LogP contribution in [0, 0.1) is 0 Å². The maximum atomic E-state index is 8.66. The normalized spacial score (nSPS) is 10.8. The maximum absolute atomic E-state index is 8.66. The number of hydrogen-bond donors (Lipinski definition) is 3. The highest BCUT2D eigenvalue weighted by Gasteiger charge is 1.96. The fraction of sp³-hybridized carbons (Fsp3) is 1.00. The fourth-order valence-electron chi connectivity index (χ4n) is 0.645. The van der Waals surface area contributed by atoms with Gasteiger partial charge in [-0.2, -0.15) is 0 Å². The summed E-state index contributed by atoms with van der Waals surface area (Å²) in [5.41, 5.74) is 0. The molecule has 0 aliphatic rings. The van der Waals surface area contributed by atoms with Crippen molar-refractivity contribution in [1.29, 1.82) is 0 Å². The molecule has 0 atom stereocenters.